The van der Waals surface area contributed by atoms with Crippen LogP contribution in [0.25, 0.3) is 0 Å². The normalized spacial score (nSPS) is 10.1. The third-order valence-corrected chi connectivity index (χ3v) is 3.07. The number of benzene rings is 2. The molecule has 0 spiro atoms. The molecular formula is C17H19N3O3. The molecule has 0 saturated carbocycles. The molecule has 0 fully saturated rings. The molecule has 0 atom stereocenters. The number of nitrogens with two attached hydrogens (primary N) is 1. The van der Waals surface area contributed by atoms with Crippen LogP contribution < -0.4 is 16.6 Å². The standard InChI is InChI=1S/C17H19N3O3/c18-15-8-6-14(7-9-15)17(22)20-19-11-10-16(21)23-12-13-4-2-1-3-5-13/h1-9,19H,10-12,18H2,(H,20,22). The van der Waals surface area contributed by atoms with Crippen molar-refractivity contribution in [3.63, 3.8) is 0 Å². The molecule has 2 aromatic carbocycles. The number of amides is 1. The van der Waals surface area contributed by atoms with E-state index in [1.807, 2.05) is 30.3 Å². The lowest BCUT2D eigenvalue weighted by molar-refractivity contribution is -0.144. The molecule has 120 valence electrons. The molecule has 0 unspecified atom stereocenters. The van der Waals surface area contributed by atoms with Gasteiger partial charge in [-0.1, -0.05) is 30.3 Å². The number of esters is 1. The lowest BCUT2D eigenvalue weighted by atomic mass is 10.2. The predicted octanol–water partition coefficient (Wildman–Crippen LogP) is 1.64. The van der Waals surface area contributed by atoms with E-state index in [9.17, 15) is 9.59 Å². The molecular weight excluding hydrogens is 294 g/mol. The first-order chi connectivity index (χ1) is 11.1. The number of carbonyl (C=O) groups is 2. The Bertz CT molecular complexity index is 642. The van der Waals surface area contributed by atoms with Crippen molar-refractivity contribution in [3.8, 4) is 0 Å². The largest absolute Gasteiger partial charge is 0.461 e. The quantitative estimate of drug-likeness (QED) is 0.313. The van der Waals surface area contributed by atoms with E-state index >= 15 is 0 Å². The summed E-state index contributed by atoms with van der Waals surface area (Å²) in [6.07, 6.45) is 0.162. The molecule has 0 bridgehead atoms. The number of hydrogen-bond acceptors (Lipinski definition) is 5. The predicted molar refractivity (Wildman–Crippen MR) is 87.2 cm³/mol. The van der Waals surface area contributed by atoms with E-state index in [-0.39, 0.29) is 31.4 Å². The lowest BCUT2D eigenvalue weighted by Gasteiger charge is -2.08. The summed E-state index contributed by atoms with van der Waals surface area (Å²) in [6.45, 7) is 0.534. The molecule has 0 radical (unpaired) electrons. The average Bonchev–Trinajstić information content (AvgIpc) is 2.58. The third-order valence-electron chi connectivity index (χ3n) is 3.07. The molecule has 0 aliphatic carbocycles. The number of nitrogens with one attached hydrogen (secondary N) is 2. The summed E-state index contributed by atoms with van der Waals surface area (Å²) in [4.78, 5) is 23.4. The van der Waals surface area contributed by atoms with Crippen LogP contribution in [-0.4, -0.2) is 18.4 Å². The number of carbonyl (C=O) groups excluding carboxylic acids is 2. The Morgan fingerprint density at radius 3 is 2.39 bits per heavy atom. The summed E-state index contributed by atoms with van der Waals surface area (Å²) in [5, 5.41) is 0. The highest BCUT2D eigenvalue weighted by molar-refractivity contribution is 5.94. The molecule has 0 heterocycles. The fraction of sp³-hybridized carbons (Fsp3) is 0.176. The van der Waals surface area contributed by atoms with E-state index in [0.29, 0.717) is 11.3 Å². The zero-order chi connectivity index (χ0) is 16.5. The van der Waals surface area contributed by atoms with Gasteiger partial charge in [-0.3, -0.25) is 15.0 Å². The van der Waals surface area contributed by atoms with Gasteiger partial charge in [0.15, 0.2) is 0 Å². The molecule has 23 heavy (non-hydrogen) atoms. The van der Waals surface area contributed by atoms with Crippen molar-refractivity contribution in [2.45, 2.75) is 13.0 Å². The van der Waals surface area contributed by atoms with Crippen LogP contribution in [0.15, 0.2) is 54.6 Å². The van der Waals surface area contributed by atoms with E-state index in [4.69, 9.17) is 10.5 Å². The second-order valence-electron chi connectivity index (χ2n) is 4.90. The highest BCUT2D eigenvalue weighted by Gasteiger charge is 2.06. The number of hydrazine groups is 1. The zero-order valence-corrected chi connectivity index (χ0v) is 12.6. The topological polar surface area (TPSA) is 93.5 Å². The molecule has 0 saturated heterocycles. The van der Waals surface area contributed by atoms with E-state index in [1.54, 1.807) is 24.3 Å². The van der Waals surface area contributed by atoms with Gasteiger partial charge in [0.05, 0.1) is 6.42 Å². The van der Waals surface area contributed by atoms with Gasteiger partial charge in [0.25, 0.3) is 5.91 Å². The minimum Gasteiger partial charge on any atom is -0.461 e. The van der Waals surface area contributed by atoms with Crippen LogP contribution >= 0.6 is 0 Å². The SMILES string of the molecule is Nc1ccc(C(=O)NNCCC(=O)OCc2ccccc2)cc1. The lowest BCUT2D eigenvalue weighted by Crippen LogP contribution is -2.38. The zero-order valence-electron chi connectivity index (χ0n) is 12.6. The van der Waals surface area contributed by atoms with Gasteiger partial charge in [0.2, 0.25) is 0 Å². The van der Waals surface area contributed by atoms with E-state index < -0.39 is 0 Å². The minimum absolute atomic E-state index is 0.162. The summed E-state index contributed by atoms with van der Waals surface area (Å²) >= 11 is 0. The van der Waals surface area contributed by atoms with Crippen molar-refractivity contribution in [2.75, 3.05) is 12.3 Å². The van der Waals surface area contributed by atoms with Crippen molar-refractivity contribution < 1.29 is 14.3 Å². The van der Waals surface area contributed by atoms with Crippen LogP contribution in [0.2, 0.25) is 0 Å². The Kier molecular flexibility index (Phi) is 6.14. The van der Waals surface area contributed by atoms with Crippen LogP contribution in [-0.2, 0) is 16.1 Å². The van der Waals surface area contributed by atoms with Gasteiger partial charge in [-0.25, -0.2) is 5.43 Å². The number of anilines is 1. The van der Waals surface area contributed by atoms with Gasteiger partial charge in [0.1, 0.15) is 6.61 Å². The van der Waals surface area contributed by atoms with Crippen molar-refractivity contribution in [2.24, 2.45) is 0 Å². The summed E-state index contributed by atoms with van der Waals surface area (Å²) < 4.78 is 5.13. The fourth-order valence-electron chi connectivity index (χ4n) is 1.82. The first-order valence-corrected chi connectivity index (χ1v) is 7.23. The smallest absolute Gasteiger partial charge is 0.307 e. The maximum atomic E-state index is 11.8. The van der Waals surface area contributed by atoms with E-state index in [2.05, 4.69) is 10.9 Å². The molecule has 4 N–H and O–H groups in total. The van der Waals surface area contributed by atoms with Crippen LogP contribution in [0.5, 0.6) is 0 Å². The van der Waals surface area contributed by atoms with Gasteiger partial charge in [0, 0.05) is 17.8 Å². The molecule has 2 rings (SSSR count). The Morgan fingerprint density at radius 2 is 1.70 bits per heavy atom. The highest BCUT2D eigenvalue weighted by atomic mass is 16.5. The fourth-order valence-corrected chi connectivity index (χ4v) is 1.82. The molecule has 1 amide bonds. The summed E-state index contributed by atoms with van der Waals surface area (Å²) in [5.74, 6) is -0.620. The summed E-state index contributed by atoms with van der Waals surface area (Å²) in [5.41, 5.74) is 12.8. The van der Waals surface area contributed by atoms with Crippen molar-refractivity contribution in [1.29, 1.82) is 0 Å². The van der Waals surface area contributed by atoms with Crippen molar-refractivity contribution in [3.05, 3.63) is 65.7 Å². The van der Waals surface area contributed by atoms with Gasteiger partial charge in [-0.05, 0) is 29.8 Å². The van der Waals surface area contributed by atoms with Crippen LogP contribution in [0.4, 0.5) is 5.69 Å². The molecule has 2 aromatic rings. The average molecular weight is 313 g/mol. The van der Waals surface area contributed by atoms with Gasteiger partial charge in [-0.15, -0.1) is 0 Å². The second kappa shape index (κ2) is 8.55. The number of hydrogen-bond donors (Lipinski definition) is 3. The second-order valence-corrected chi connectivity index (χ2v) is 4.90. The van der Waals surface area contributed by atoms with Gasteiger partial charge >= 0.3 is 5.97 Å². The Hall–Kier alpha value is -2.86. The van der Waals surface area contributed by atoms with Crippen molar-refractivity contribution >= 4 is 17.6 Å². The molecule has 6 heteroatoms. The number of rotatable bonds is 7. The van der Waals surface area contributed by atoms with Crippen LogP contribution in [0, 0.1) is 0 Å². The van der Waals surface area contributed by atoms with Gasteiger partial charge in [-0.2, -0.15) is 0 Å². The summed E-state index contributed by atoms with van der Waals surface area (Å²) in [7, 11) is 0. The number of ether oxygens (including phenoxy) is 1. The molecule has 0 aliphatic rings. The Morgan fingerprint density at radius 1 is 1.00 bits per heavy atom. The first kappa shape index (κ1) is 16.5. The molecule has 0 aromatic heterocycles. The maximum Gasteiger partial charge on any atom is 0.307 e. The molecule has 6 nitrogen and oxygen atoms in total. The third kappa shape index (κ3) is 5.80. The van der Waals surface area contributed by atoms with E-state index in [1.165, 1.54) is 0 Å². The summed E-state index contributed by atoms with van der Waals surface area (Å²) in [6, 6.07) is 16.0. The minimum atomic E-state index is -0.330. The highest BCUT2D eigenvalue weighted by Crippen LogP contribution is 2.04. The van der Waals surface area contributed by atoms with E-state index in [0.717, 1.165) is 5.56 Å². The monoisotopic (exact) mass is 313 g/mol. The Balaban J connectivity index is 1.62. The van der Waals surface area contributed by atoms with Crippen LogP contribution in [0.1, 0.15) is 22.3 Å². The van der Waals surface area contributed by atoms with Gasteiger partial charge < -0.3 is 10.5 Å². The Labute approximate surface area is 134 Å². The van der Waals surface area contributed by atoms with Crippen molar-refractivity contribution in [1.82, 2.24) is 10.9 Å². The molecule has 0 aliphatic heterocycles. The first-order valence-electron chi connectivity index (χ1n) is 7.23. The van der Waals surface area contributed by atoms with Crippen LogP contribution in [0.3, 0.4) is 0 Å². The maximum absolute atomic E-state index is 11.8. The number of nitrogen functional groups attached to an aromatic ring is 1.